The molecule has 0 amide bonds. The van der Waals surface area contributed by atoms with Gasteiger partial charge in [-0.2, -0.15) is 0 Å². The number of nitrogens with one attached hydrogen (secondary N) is 2. The molecule has 2 aliphatic rings. The van der Waals surface area contributed by atoms with Crippen LogP contribution in [-0.2, 0) is 6.54 Å². The molecule has 0 spiro atoms. The van der Waals surface area contributed by atoms with E-state index in [1.807, 2.05) is 18.2 Å². The van der Waals surface area contributed by atoms with Crippen LogP contribution in [0.15, 0.2) is 72.1 Å². The normalized spacial score (nSPS) is 24.6. The van der Waals surface area contributed by atoms with E-state index < -0.39 is 0 Å². The number of halogens is 2. The molecule has 0 saturated heterocycles. The first-order valence-electron chi connectivity index (χ1n) is 9.69. The molecule has 3 atom stereocenters. The van der Waals surface area contributed by atoms with Gasteiger partial charge in [0.1, 0.15) is 11.6 Å². The van der Waals surface area contributed by atoms with Crippen molar-refractivity contribution in [3.8, 4) is 0 Å². The van der Waals surface area contributed by atoms with Gasteiger partial charge in [-0.15, -0.1) is 0 Å². The van der Waals surface area contributed by atoms with Crippen LogP contribution in [0.5, 0.6) is 0 Å². The second-order valence-electron chi connectivity index (χ2n) is 7.46. The Balaban J connectivity index is 1.42. The van der Waals surface area contributed by atoms with E-state index in [4.69, 9.17) is 0 Å². The van der Waals surface area contributed by atoms with Crippen molar-refractivity contribution in [3.05, 3.63) is 83.5 Å². The van der Waals surface area contributed by atoms with E-state index in [2.05, 4.69) is 35.8 Å². The van der Waals surface area contributed by atoms with Gasteiger partial charge >= 0.3 is 0 Å². The van der Waals surface area contributed by atoms with Crippen LogP contribution >= 0.6 is 0 Å². The summed E-state index contributed by atoms with van der Waals surface area (Å²) < 4.78 is 26.0. The van der Waals surface area contributed by atoms with Crippen LogP contribution < -0.4 is 10.6 Å². The lowest BCUT2D eigenvalue weighted by Gasteiger charge is -2.25. The number of benzene rings is 1. The molecule has 0 bridgehead atoms. The van der Waals surface area contributed by atoms with Crippen LogP contribution in [0.3, 0.4) is 0 Å². The third kappa shape index (κ3) is 6.26. The number of rotatable bonds is 8. The number of hydrogen-bond donors (Lipinski definition) is 2. The molecule has 0 aliphatic heterocycles. The lowest BCUT2D eigenvalue weighted by molar-refractivity contribution is 0.439. The second kappa shape index (κ2) is 9.77. The minimum atomic E-state index is -0.203. The lowest BCUT2D eigenvalue weighted by atomic mass is 9.86. The molecule has 3 unspecified atom stereocenters. The third-order valence-corrected chi connectivity index (χ3v) is 5.22. The molecule has 0 aromatic heterocycles. The van der Waals surface area contributed by atoms with Gasteiger partial charge in [0.25, 0.3) is 0 Å². The molecule has 0 saturated carbocycles. The van der Waals surface area contributed by atoms with Crippen LogP contribution in [-0.4, -0.2) is 19.6 Å². The molecule has 2 N–H and O–H groups in total. The van der Waals surface area contributed by atoms with E-state index >= 15 is 0 Å². The molecule has 1 aromatic carbocycles. The monoisotopic (exact) mass is 370 g/mol. The van der Waals surface area contributed by atoms with Gasteiger partial charge in [0.05, 0.1) is 0 Å². The maximum Gasteiger partial charge on any atom is 0.123 e. The van der Waals surface area contributed by atoms with Crippen molar-refractivity contribution in [2.45, 2.75) is 19.9 Å². The average Bonchev–Trinajstić information content (AvgIpc) is 2.67. The SMILES string of the molecule is CC1C=CC(CNCc2ccc(F)cc2)=CC1CNCC1C=CC(F)=CC1. The quantitative estimate of drug-likeness (QED) is 0.694. The van der Waals surface area contributed by atoms with Gasteiger partial charge in [0.2, 0.25) is 0 Å². The second-order valence-corrected chi connectivity index (χ2v) is 7.46. The van der Waals surface area contributed by atoms with Gasteiger partial charge in [-0.25, -0.2) is 8.78 Å². The highest BCUT2D eigenvalue weighted by atomic mass is 19.1. The standard InChI is InChI=1S/C23H28F2N2/c1-17-2-3-20(15-26-13-18-4-8-22(24)9-5-18)12-21(17)16-27-14-19-6-10-23(25)11-7-19/h2-6,8-12,17,19,21,26-27H,7,13-16H2,1H3. The molecule has 3 rings (SSSR count). The molecular formula is C23H28F2N2. The lowest BCUT2D eigenvalue weighted by Crippen LogP contribution is -2.31. The predicted octanol–water partition coefficient (Wildman–Crippen LogP) is 4.68. The number of allylic oxidation sites excluding steroid dienone is 4. The van der Waals surface area contributed by atoms with Crippen molar-refractivity contribution in [2.75, 3.05) is 19.6 Å². The first-order chi connectivity index (χ1) is 13.1. The fourth-order valence-electron chi connectivity index (χ4n) is 3.44. The van der Waals surface area contributed by atoms with E-state index in [1.165, 1.54) is 17.7 Å². The van der Waals surface area contributed by atoms with Crippen LogP contribution in [0.2, 0.25) is 0 Å². The molecule has 0 heterocycles. The Hall–Kier alpha value is -2.04. The van der Waals surface area contributed by atoms with Gasteiger partial charge in [0.15, 0.2) is 0 Å². The molecule has 0 fully saturated rings. The molecule has 1 aromatic rings. The highest BCUT2D eigenvalue weighted by molar-refractivity contribution is 5.27. The van der Waals surface area contributed by atoms with Crippen LogP contribution in [0, 0.1) is 23.6 Å². The van der Waals surface area contributed by atoms with Crippen LogP contribution in [0.4, 0.5) is 8.78 Å². The van der Waals surface area contributed by atoms with Gasteiger partial charge in [-0.3, -0.25) is 0 Å². The van der Waals surface area contributed by atoms with Crippen molar-refractivity contribution in [2.24, 2.45) is 17.8 Å². The summed E-state index contributed by atoms with van der Waals surface area (Å²) in [5, 5.41) is 6.97. The molecule has 27 heavy (non-hydrogen) atoms. The molecule has 144 valence electrons. The van der Waals surface area contributed by atoms with E-state index in [0.29, 0.717) is 17.8 Å². The van der Waals surface area contributed by atoms with Gasteiger partial charge in [0, 0.05) is 26.2 Å². The van der Waals surface area contributed by atoms with Crippen molar-refractivity contribution in [1.29, 1.82) is 0 Å². The first-order valence-corrected chi connectivity index (χ1v) is 9.69. The Bertz CT molecular complexity index is 731. The fourth-order valence-corrected chi connectivity index (χ4v) is 3.44. The van der Waals surface area contributed by atoms with Gasteiger partial charge in [-0.05, 0) is 59.6 Å². The molecule has 0 radical (unpaired) electrons. The zero-order valence-electron chi connectivity index (χ0n) is 15.8. The zero-order valence-corrected chi connectivity index (χ0v) is 15.8. The van der Waals surface area contributed by atoms with Gasteiger partial charge < -0.3 is 10.6 Å². The topological polar surface area (TPSA) is 24.1 Å². The van der Waals surface area contributed by atoms with Crippen molar-refractivity contribution in [3.63, 3.8) is 0 Å². The van der Waals surface area contributed by atoms with Gasteiger partial charge in [-0.1, -0.05) is 43.4 Å². The Morgan fingerprint density at radius 2 is 1.78 bits per heavy atom. The third-order valence-electron chi connectivity index (χ3n) is 5.22. The maximum absolute atomic E-state index is 13.0. The van der Waals surface area contributed by atoms with Crippen molar-refractivity contribution in [1.82, 2.24) is 10.6 Å². The molecule has 2 nitrogen and oxygen atoms in total. The highest BCUT2D eigenvalue weighted by Crippen LogP contribution is 2.22. The predicted molar refractivity (Wildman–Crippen MR) is 107 cm³/mol. The molecular weight excluding hydrogens is 342 g/mol. The summed E-state index contributed by atoms with van der Waals surface area (Å²) >= 11 is 0. The van der Waals surface area contributed by atoms with Crippen molar-refractivity contribution >= 4 is 0 Å². The smallest absolute Gasteiger partial charge is 0.123 e. The summed E-state index contributed by atoms with van der Waals surface area (Å²) in [5.74, 6) is 0.999. The first kappa shape index (κ1) is 19.7. The maximum atomic E-state index is 13.0. The zero-order chi connectivity index (χ0) is 19.1. The van der Waals surface area contributed by atoms with Crippen LogP contribution in [0.1, 0.15) is 18.9 Å². The Kier molecular flexibility index (Phi) is 7.13. The Morgan fingerprint density at radius 1 is 0.963 bits per heavy atom. The summed E-state index contributed by atoms with van der Waals surface area (Å²) in [7, 11) is 0. The van der Waals surface area contributed by atoms with E-state index in [9.17, 15) is 8.78 Å². The van der Waals surface area contributed by atoms with E-state index in [0.717, 1.165) is 38.2 Å². The highest BCUT2D eigenvalue weighted by Gasteiger charge is 2.17. The molecule has 2 aliphatic carbocycles. The summed E-state index contributed by atoms with van der Waals surface area (Å²) in [6.45, 7) is 5.55. The Labute approximate surface area is 160 Å². The Morgan fingerprint density at radius 3 is 2.52 bits per heavy atom. The largest absolute Gasteiger partial charge is 0.316 e. The summed E-state index contributed by atoms with van der Waals surface area (Å²) in [6.07, 6.45) is 12.7. The number of hydrogen-bond acceptors (Lipinski definition) is 2. The minimum Gasteiger partial charge on any atom is -0.316 e. The summed E-state index contributed by atoms with van der Waals surface area (Å²) in [4.78, 5) is 0. The summed E-state index contributed by atoms with van der Waals surface area (Å²) in [6, 6.07) is 6.60. The summed E-state index contributed by atoms with van der Waals surface area (Å²) in [5.41, 5.74) is 2.36. The minimum absolute atomic E-state index is 0.127. The molecule has 4 heteroatoms. The van der Waals surface area contributed by atoms with E-state index in [-0.39, 0.29) is 11.6 Å². The average molecular weight is 370 g/mol. The fraction of sp³-hybridized carbons (Fsp3) is 0.391. The van der Waals surface area contributed by atoms with Crippen molar-refractivity contribution < 1.29 is 8.78 Å². The van der Waals surface area contributed by atoms with Crippen LogP contribution in [0.25, 0.3) is 0 Å². The van der Waals surface area contributed by atoms with E-state index in [1.54, 1.807) is 12.2 Å².